The van der Waals surface area contributed by atoms with Gasteiger partial charge in [0.15, 0.2) is 0 Å². The summed E-state index contributed by atoms with van der Waals surface area (Å²) >= 11 is -3.42. The van der Waals surface area contributed by atoms with Crippen LogP contribution < -0.4 is 0 Å². The second-order valence-electron chi connectivity index (χ2n) is 9.56. The number of rotatable bonds is 4. The quantitative estimate of drug-likeness (QED) is 0.327. The molecule has 0 N–H and O–H groups in total. The molecule has 0 radical (unpaired) electrons. The molecule has 0 unspecified atom stereocenters. The van der Waals surface area contributed by atoms with Crippen LogP contribution in [0.15, 0.2) is 78.4 Å². The molecule has 170 valence electrons. The fourth-order valence-electron chi connectivity index (χ4n) is 5.37. The summed E-state index contributed by atoms with van der Waals surface area (Å²) in [5.41, 5.74) is 6.93. The van der Waals surface area contributed by atoms with E-state index >= 15 is 0 Å². The van der Waals surface area contributed by atoms with E-state index in [1.54, 1.807) is 30.8 Å². The Labute approximate surface area is 204 Å². The van der Waals surface area contributed by atoms with E-state index in [0.29, 0.717) is 0 Å². The second kappa shape index (κ2) is 9.66. The minimum Gasteiger partial charge on any atom is -0.147 e. The van der Waals surface area contributed by atoms with Crippen molar-refractivity contribution in [1.82, 2.24) is 0 Å². The Hall–Kier alpha value is -1.06. The maximum Gasteiger partial charge on any atom is -0.147 e. The van der Waals surface area contributed by atoms with Crippen molar-refractivity contribution in [2.75, 3.05) is 0 Å². The summed E-state index contributed by atoms with van der Waals surface area (Å²) in [4.78, 5) is 0. The molecule has 0 heterocycles. The molecule has 0 saturated carbocycles. The molecule has 2 aliphatic carbocycles. The standard InChI is InChI=1S/2C12H10F.2CH3.2ClH.H2Si.Zr/c2*1-9-4-2-7-12(9)10-5-3-6-11(13)8-10;;;;;;/h2*3,5-8H,2H2,1H3;2*1H3;2*1H;1H2;. The third-order valence-corrected chi connectivity index (χ3v) is 24.4. The van der Waals surface area contributed by atoms with Gasteiger partial charge in [-0.1, -0.05) is 0 Å². The fraction of sp³-hybridized carbons (Fsp3) is 0.231. The van der Waals surface area contributed by atoms with Crippen molar-refractivity contribution in [2.45, 2.75) is 36.0 Å². The zero-order valence-electron chi connectivity index (χ0n) is 19.0. The first-order valence-electron chi connectivity index (χ1n) is 10.5. The van der Waals surface area contributed by atoms with Crippen LogP contribution in [0.4, 0.5) is 8.78 Å². The van der Waals surface area contributed by atoms with Gasteiger partial charge in [0.25, 0.3) is 0 Å². The van der Waals surface area contributed by atoms with E-state index in [0.717, 1.165) is 24.0 Å². The van der Waals surface area contributed by atoms with Gasteiger partial charge >= 0.3 is 181 Å². The Bertz CT molecular complexity index is 1170. The molecule has 32 heavy (non-hydrogen) atoms. The summed E-state index contributed by atoms with van der Waals surface area (Å²) in [5.74, 6) is -0.382. The molecule has 0 bridgehead atoms. The van der Waals surface area contributed by atoms with Crippen LogP contribution in [0.25, 0.3) is 11.1 Å². The molecule has 2 aromatic rings. The largest absolute Gasteiger partial charge is 0.147 e. The van der Waals surface area contributed by atoms with Gasteiger partial charge in [-0.25, -0.2) is 0 Å². The van der Waals surface area contributed by atoms with Crippen LogP contribution in [0.5, 0.6) is 0 Å². The predicted molar refractivity (Wildman–Crippen MR) is 138 cm³/mol. The average Bonchev–Trinajstić information content (AvgIpc) is 3.25. The van der Waals surface area contributed by atoms with Crippen molar-refractivity contribution >= 4 is 42.8 Å². The number of allylic oxidation sites excluding steroid dienone is 8. The SMILES string of the molecule is CC1=[C]([Zr]([CH3])([CH3])(=[SiH2])[C]2=C(C)C(c3cccc(F)c3)=CC2)CC=C1c1cccc(F)c1.Cl.Cl. The third-order valence-electron chi connectivity index (χ3n) is 6.94. The Morgan fingerprint density at radius 1 is 0.719 bits per heavy atom. The van der Waals surface area contributed by atoms with E-state index in [2.05, 4.69) is 42.1 Å². The molecular weight excluding hydrogens is 540 g/mol. The summed E-state index contributed by atoms with van der Waals surface area (Å²) < 4.78 is 35.8. The smallest absolute Gasteiger partial charge is 0.147 e. The van der Waals surface area contributed by atoms with Gasteiger partial charge in [-0.15, -0.1) is 24.8 Å². The topological polar surface area (TPSA) is 0 Å². The molecule has 0 nitrogen and oxygen atoms in total. The molecule has 0 spiro atoms. The van der Waals surface area contributed by atoms with Crippen molar-refractivity contribution in [3.63, 3.8) is 0 Å². The molecule has 0 aliphatic heterocycles. The summed E-state index contributed by atoms with van der Waals surface area (Å²) in [6, 6.07) is 13.8. The van der Waals surface area contributed by atoms with E-state index in [4.69, 9.17) is 0 Å². The van der Waals surface area contributed by atoms with Crippen LogP contribution in [0.1, 0.15) is 37.8 Å². The van der Waals surface area contributed by atoms with Crippen molar-refractivity contribution < 1.29 is 26.2 Å². The number of halogens is 4. The molecule has 0 atom stereocenters. The summed E-state index contributed by atoms with van der Waals surface area (Å²) in [6.45, 7) is 6.65. The zero-order valence-corrected chi connectivity index (χ0v) is 24.5. The molecule has 6 heteroatoms. The Morgan fingerprint density at radius 3 is 1.44 bits per heavy atom. The van der Waals surface area contributed by atoms with Gasteiger partial charge in [0, 0.05) is 0 Å². The molecule has 0 amide bonds. The Morgan fingerprint density at radius 2 is 1.09 bits per heavy atom. The van der Waals surface area contributed by atoms with Crippen LogP contribution in [-0.2, 0) is 17.4 Å². The molecule has 0 aromatic heterocycles. The normalized spacial score (nSPS) is 16.5. The van der Waals surface area contributed by atoms with E-state index in [1.165, 1.54) is 34.4 Å². The Kier molecular flexibility index (Phi) is 8.21. The van der Waals surface area contributed by atoms with Crippen LogP contribution in [0, 0.1) is 11.6 Å². The van der Waals surface area contributed by atoms with E-state index < -0.39 is 17.4 Å². The first kappa shape index (κ1) is 27.2. The van der Waals surface area contributed by atoms with Gasteiger partial charge in [0.05, 0.1) is 0 Å². The molecule has 2 aromatic carbocycles. The van der Waals surface area contributed by atoms with Crippen molar-refractivity contribution in [2.24, 2.45) is 0 Å². The van der Waals surface area contributed by atoms with Crippen LogP contribution in [0.3, 0.4) is 0 Å². The maximum absolute atomic E-state index is 13.8. The number of hydrogen-bond donors (Lipinski definition) is 0. The van der Waals surface area contributed by atoms with E-state index in [9.17, 15) is 8.78 Å². The van der Waals surface area contributed by atoms with Gasteiger partial charge in [-0.2, -0.15) is 0 Å². The third kappa shape index (κ3) is 4.75. The van der Waals surface area contributed by atoms with Crippen molar-refractivity contribution in [3.05, 3.63) is 101 Å². The van der Waals surface area contributed by atoms with Crippen molar-refractivity contribution in [3.8, 4) is 0 Å². The zero-order chi connectivity index (χ0) is 21.7. The summed E-state index contributed by atoms with van der Waals surface area (Å²) in [5, 5.41) is 0. The average molecular weight is 571 g/mol. The van der Waals surface area contributed by atoms with Gasteiger partial charge in [-0.3, -0.25) is 0 Å². The first-order valence-corrected chi connectivity index (χ1v) is 23.8. The first-order chi connectivity index (χ1) is 14.1. The second-order valence-corrected chi connectivity index (χ2v) is 38.3. The summed E-state index contributed by atoms with van der Waals surface area (Å²) in [6.07, 6.45) is 6.45. The molecule has 4 rings (SSSR count). The minimum absolute atomic E-state index is 0. The monoisotopic (exact) mass is 568 g/mol. The van der Waals surface area contributed by atoms with Gasteiger partial charge in [0.1, 0.15) is 0 Å². The van der Waals surface area contributed by atoms with Gasteiger partial charge in [0.2, 0.25) is 0 Å². The van der Waals surface area contributed by atoms with Gasteiger partial charge in [-0.05, 0) is 0 Å². The maximum atomic E-state index is 13.8. The van der Waals surface area contributed by atoms with E-state index in [1.807, 2.05) is 12.1 Å². The molecule has 2 aliphatic rings. The fourth-order valence-corrected chi connectivity index (χ4v) is 21.4. The molecule has 0 fully saturated rings. The van der Waals surface area contributed by atoms with Crippen LogP contribution in [-0.4, -0.2) is 6.88 Å². The minimum atomic E-state index is -3.42. The van der Waals surface area contributed by atoms with Gasteiger partial charge < -0.3 is 0 Å². The predicted octanol–water partition coefficient (Wildman–Crippen LogP) is 7.96. The number of hydrogen-bond acceptors (Lipinski definition) is 0. The van der Waals surface area contributed by atoms with E-state index in [-0.39, 0.29) is 36.4 Å². The number of benzene rings is 2. The molecule has 0 saturated heterocycles. The summed E-state index contributed by atoms with van der Waals surface area (Å²) in [7, 11) is 0. The molecular formula is C26H30Cl2F2SiZr. The Balaban J connectivity index is 0.00000181. The van der Waals surface area contributed by atoms with Crippen LogP contribution >= 0.6 is 24.8 Å². The van der Waals surface area contributed by atoms with Crippen molar-refractivity contribution in [1.29, 1.82) is 0 Å². The van der Waals surface area contributed by atoms with Crippen LogP contribution in [0.2, 0.25) is 9.26 Å².